The monoisotopic (exact) mass is 303 g/mol. The van der Waals surface area contributed by atoms with Crippen molar-refractivity contribution < 1.29 is 4.74 Å². The molecule has 1 fully saturated rings. The van der Waals surface area contributed by atoms with Gasteiger partial charge in [0.1, 0.15) is 0 Å². The Morgan fingerprint density at radius 3 is 2.82 bits per heavy atom. The molecule has 1 aliphatic rings. The lowest BCUT2D eigenvalue weighted by atomic mass is 10.1. The number of anilines is 4. The highest BCUT2D eigenvalue weighted by atomic mass is 16.5. The Labute approximate surface area is 129 Å². The van der Waals surface area contributed by atoms with E-state index in [4.69, 9.17) is 10.5 Å². The third-order valence-electron chi connectivity index (χ3n) is 3.88. The van der Waals surface area contributed by atoms with E-state index in [0.29, 0.717) is 23.5 Å². The van der Waals surface area contributed by atoms with Gasteiger partial charge >= 0.3 is 0 Å². The number of nitrogen functional groups attached to an aromatic ring is 1. The van der Waals surface area contributed by atoms with E-state index < -0.39 is 0 Å². The molecule has 22 heavy (non-hydrogen) atoms. The Bertz CT molecular complexity index is 649. The third kappa shape index (κ3) is 2.82. The maximum atomic E-state index is 5.78. The summed E-state index contributed by atoms with van der Waals surface area (Å²) in [6.07, 6.45) is 5.37. The molecular weight excluding hydrogens is 282 g/mol. The van der Waals surface area contributed by atoms with E-state index in [1.165, 1.54) is 0 Å². The van der Waals surface area contributed by atoms with Crippen LogP contribution in [0.25, 0.3) is 0 Å². The summed E-state index contributed by atoms with van der Waals surface area (Å²) < 4.78 is 7.46. The number of aromatic nitrogens is 4. The van der Waals surface area contributed by atoms with E-state index in [2.05, 4.69) is 30.4 Å². The van der Waals surface area contributed by atoms with E-state index in [9.17, 15) is 0 Å². The van der Waals surface area contributed by atoms with E-state index >= 15 is 0 Å². The van der Waals surface area contributed by atoms with Crippen LogP contribution in [0.3, 0.4) is 0 Å². The number of ether oxygens (including phenoxy) is 1. The molecule has 4 N–H and O–H groups in total. The molecule has 0 bridgehead atoms. The van der Waals surface area contributed by atoms with Gasteiger partial charge in [-0.1, -0.05) is 0 Å². The second-order valence-electron chi connectivity index (χ2n) is 5.30. The molecule has 118 valence electrons. The number of nitrogens with zero attached hydrogens (tertiary/aromatic N) is 4. The smallest absolute Gasteiger partial charge is 0.229 e. The highest BCUT2D eigenvalue weighted by molar-refractivity contribution is 5.64. The Morgan fingerprint density at radius 1 is 1.32 bits per heavy atom. The predicted molar refractivity (Wildman–Crippen MR) is 85.3 cm³/mol. The number of nitrogens with one attached hydrogen (secondary N) is 2. The summed E-state index contributed by atoms with van der Waals surface area (Å²) in [7, 11) is 1.77. The van der Waals surface area contributed by atoms with Crippen LogP contribution in [0.1, 0.15) is 24.6 Å². The first-order valence-electron chi connectivity index (χ1n) is 7.38. The van der Waals surface area contributed by atoms with Crippen molar-refractivity contribution in [1.29, 1.82) is 0 Å². The van der Waals surface area contributed by atoms with Crippen LogP contribution in [0, 0.1) is 6.92 Å². The minimum Gasteiger partial charge on any atom is -0.394 e. The lowest BCUT2D eigenvalue weighted by molar-refractivity contribution is 0.0657. The normalized spacial score (nSPS) is 15.7. The van der Waals surface area contributed by atoms with Crippen LogP contribution in [0.4, 0.5) is 23.1 Å². The van der Waals surface area contributed by atoms with Crippen molar-refractivity contribution in [3.8, 4) is 0 Å². The summed E-state index contributed by atoms with van der Waals surface area (Å²) in [5, 5.41) is 10.6. The van der Waals surface area contributed by atoms with Crippen LogP contribution in [-0.2, 0) is 4.74 Å². The molecule has 0 atom stereocenters. The minimum atomic E-state index is 0.393. The number of nitrogens with two attached hydrogens (primary N) is 1. The van der Waals surface area contributed by atoms with Gasteiger partial charge in [-0.2, -0.15) is 10.1 Å². The van der Waals surface area contributed by atoms with Gasteiger partial charge in [-0.05, 0) is 19.8 Å². The van der Waals surface area contributed by atoms with E-state index in [0.717, 1.165) is 37.4 Å². The molecule has 0 spiro atoms. The fraction of sp³-hybridized carbons (Fsp3) is 0.500. The van der Waals surface area contributed by atoms with Gasteiger partial charge in [0, 0.05) is 20.3 Å². The molecular formula is C14H21N7O. The van der Waals surface area contributed by atoms with Gasteiger partial charge in [0.25, 0.3) is 0 Å². The Balaban J connectivity index is 1.79. The van der Waals surface area contributed by atoms with Crippen LogP contribution in [0.2, 0.25) is 0 Å². The van der Waals surface area contributed by atoms with Gasteiger partial charge in [0.2, 0.25) is 5.95 Å². The van der Waals surface area contributed by atoms with Crippen molar-refractivity contribution in [2.24, 2.45) is 0 Å². The van der Waals surface area contributed by atoms with Crippen molar-refractivity contribution in [2.45, 2.75) is 25.8 Å². The quantitative estimate of drug-likeness (QED) is 0.790. The molecule has 0 aliphatic carbocycles. The molecule has 1 saturated heterocycles. The summed E-state index contributed by atoms with van der Waals surface area (Å²) in [4.78, 5) is 8.53. The van der Waals surface area contributed by atoms with Crippen LogP contribution in [0.15, 0.2) is 12.4 Å². The Morgan fingerprint density at radius 2 is 2.09 bits per heavy atom. The number of rotatable bonds is 4. The fourth-order valence-electron chi connectivity index (χ4n) is 2.62. The van der Waals surface area contributed by atoms with Crippen molar-refractivity contribution in [3.05, 3.63) is 18.1 Å². The molecule has 2 aromatic rings. The van der Waals surface area contributed by atoms with Crippen LogP contribution in [0.5, 0.6) is 0 Å². The molecule has 0 saturated carbocycles. The van der Waals surface area contributed by atoms with Crippen LogP contribution < -0.4 is 16.4 Å². The van der Waals surface area contributed by atoms with Gasteiger partial charge in [-0.15, -0.1) is 0 Å². The standard InChI is InChI=1S/C14H21N7O/c1-9-12(8-18-21(9)10-3-5-22-6-4-10)19-14-17-7-11(15)13(16-2)20-14/h7-8,10H,3-6,15H2,1-2H3,(H2,16,17,19,20). The topological polar surface area (TPSA) is 103 Å². The average Bonchev–Trinajstić information content (AvgIpc) is 2.91. The molecule has 0 amide bonds. The summed E-state index contributed by atoms with van der Waals surface area (Å²) >= 11 is 0. The van der Waals surface area contributed by atoms with Crippen molar-refractivity contribution in [2.75, 3.05) is 36.6 Å². The summed E-state index contributed by atoms with van der Waals surface area (Å²) in [5.74, 6) is 1.10. The Kier molecular flexibility index (Phi) is 4.10. The van der Waals surface area contributed by atoms with E-state index in [1.807, 2.05) is 13.1 Å². The Hall–Kier alpha value is -2.35. The van der Waals surface area contributed by atoms with Crippen molar-refractivity contribution in [3.63, 3.8) is 0 Å². The molecule has 0 unspecified atom stereocenters. The zero-order chi connectivity index (χ0) is 15.5. The zero-order valence-corrected chi connectivity index (χ0v) is 12.8. The molecule has 0 radical (unpaired) electrons. The predicted octanol–water partition coefficient (Wildman–Crippen LogP) is 1.70. The lowest BCUT2D eigenvalue weighted by Crippen LogP contribution is -2.21. The molecule has 2 aromatic heterocycles. The SMILES string of the molecule is CNc1nc(Nc2cnn(C3CCOCC3)c2C)ncc1N. The molecule has 8 heteroatoms. The summed E-state index contributed by atoms with van der Waals surface area (Å²) in [5.41, 5.74) is 8.27. The molecule has 8 nitrogen and oxygen atoms in total. The average molecular weight is 303 g/mol. The van der Waals surface area contributed by atoms with E-state index in [-0.39, 0.29) is 0 Å². The van der Waals surface area contributed by atoms with Crippen LogP contribution >= 0.6 is 0 Å². The highest BCUT2D eigenvalue weighted by Crippen LogP contribution is 2.26. The van der Waals surface area contributed by atoms with Crippen LogP contribution in [-0.4, -0.2) is 40.0 Å². The highest BCUT2D eigenvalue weighted by Gasteiger charge is 2.19. The zero-order valence-electron chi connectivity index (χ0n) is 12.8. The maximum absolute atomic E-state index is 5.78. The minimum absolute atomic E-state index is 0.393. The fourth-order valence-corrected chi connectivity index (χ4v) is 2.62. The maximum Gasteiger partial charge on any atom is 0.229 e. The number of hydrogen-bond donors (Lipinski definition) is 3. The molecule has 0 aromatic carbocycles. The van der Waals surface area contributed by atoms with Gasteiger partial charge in [-0.25, -0.2) is 4.98 Å². The molecule has 3 heterocycles. The second-order valence-corrected chi connectivity index (χ2v) is 5.30. The number of hydrogen-bond acceptors (Lipinski definition) is 7. The summed E-state index contributed by atoms with van der Waals surface area (Å²) in [6, 6.07) is 0.393. The second kappa shape index (κ2) is 6.18. The van der Waals surface area contributed by atoms with Gasteiger partial charge < -0.3 is 21.1 Å². The van der Waals surface area contributed by atoms with Crippen molar-refractivity contribution in [1.82, 2.24) is 19.7 Å². The third-order valence-corrected chi connectivity index (χ3v) is 3.88. The lowest BCUT2D eigenvalue weighted by Gasteiger charge is -2.23. The van der Waals surface area contributed by atoms with Crippen molar-refractivity contribution >= 4 is 23.1 Å². The van der Waals surface area contributed by atoms with Gasteiger partial charge in [0.15, 0.2) is 5.82 Å². The van der Waals surface area contributed by atoms with Gasteiger partial charge in [0.05, 0.1) is 35.5 Å². The summed E-state index contributed by atoms with van der Waals surface area (Å²) in [6.45, 7) is 3.62. The molecule has 1 aliphatic heterocycles. The first kappa shape index (κ1) is 14.6. The first-order chi connectivity index (χ1) is 10.7. The van der Waals surface area contributed by atoms with E-state index in [1.54, 1.807) is 13.2 Å². The largest absolute Gasteiger partial charge is 0.394 e. The molecule has 3 rings (SSSR count). The van der Waals surface area contributed by atoms with Gasteiger partial charge in [-0.3, -0.25) is 4.68 Å². The first-order valence-corrected chi connectivity index (χ1v) is 7.38.